The Morgan fingerprint density at radius 2 is 1.83 bits per heavy atom. The molecule has 5 heteroatoms. The average Bonchev–Trinajstić information content (AvgIpc) is 2.60. The number of hydrogen-bond acceptors (Lipinski definition) is 5. The molecule has 5 nitrogen and oxygen atoms in total. The van der Waals surface area contributed by atoms with Gasteiger partial charge in [-0.2, -0.15) is 0 Å². The zero-order chi connectivity index (χ0) is 16.8. The van der Waals surface area contributed by atoms with Crippen molar-refractivity contribution in [3.63, 3.8) is 0 Å². The number of nitrogens with zero attached hydrogens (tertiary/aromatic N) is 1. The third kappa shape index (κ3) is 4.63. The minimum absolute atomic E-state index is 0.273. The minimum Gasteiger partial charge on any atom is -0.491 e. The summed E-state index contributed by atoms with van der Waals surface area (Å²) in [6.45, 7) is 2.71. The molecular formula is C19H23NO4. The molecule has 2 aromatic rings. The summed E-state index contributed by atoms with van der Waals surface area (Å²) in [4.78, 5) is 2.06. The van der Waals surface area contributed by atoms with Crippen LogP contribution in [0.4, 0.5) is 0 Å². The number of aliphatic hydroxyl groups excluding tert-OH is 1. The third-order valence-corrected chi connectivity index (χ3v) is 3.77. The summed E-state index contributed by atoms with van der Waals surface area (Å²) in [7, 11) is 1.97. The van der Waals surface area contributed by atoms with Crippen LogP contribution in [0.15, 0.2) is 48.5 Å². The molecule has 1 atom stereocenters. The van der Waals surface area contributed by atoms with Crippen LogP contribution in [0.5, 0.6) is 17.2 Å². The Morgan fingerprint density at radius 3 is 2.62 bits per heavy atom. The summed E-state index contributed by atoms with van der Waals surface area (Å²) in [5, 5.41) is 10.1. The van der Waals surface area contributed by atoms with Gasteiger partial charge in [-0.05, 0) is 36.9 Å². The van der Waals surface area contributed by atoms with Gasteiger partial charge in [-0.1, -0.05) is 24.3 Å². The molecule has 0 fully saturated rings. The molecule has 0 spiro atoms. The maximum Gasteiger partial charge on any atom is 0.161 e. The van der Waals surface area contributed by atoms with E-state index < -0.39 is 6.10 Å². The molecule has 24 heavy (non-hydrogen) atoms. The number of aliphatic hydroxyl groups is 1. The Bertz CT molecular complexity index is 647. The summed E-state index contributed by atoms with van der Waals surface area (Å²) >= 11 is 0. The van der Waals surface area contributed by atoms with Crippen molar-refractivity contribution in [3.8, 4) is 17.2 Å². The van der Waals surface area contributed by atoms with E-state index in [0.29, 0.717) is 19.8 Å². The number of rotatable bonds is 7. The molecule has 0 amide bonds. The van der Waals surface area contributed by atoms with Crippen LogP contribution in [-0.4, -0.2) is 49.5 Å². The van der Waals surface area contributed by atoms with Crippen LogP contribution in [0, 0.1) is 0 Å². The molecule has 0 saturated heterocycles. The van der Waals surface area contributed by atoms with Crippen molar-refractivity contribution in [2.75, 3.05) is 33.4 Å². The summed E-state index contributed by atoms with van der Waals surface area (Å²) in [5.41, 5.74) is 1.12. The molecule has 1 unspecified atom stereocenters. The van der Waals surface area contributed by atoms with Crippen molar-refractivity contribution < 1.29 is 19.3 Å². The van der Waals surface area contributed by atoms with Gasteiger partial charge in [-0.25, -0.2) is 0 Å². The molecule has 0 aliphatic carbocycles. The van der Waals surface area contributed by atoms with Crippen molar-refractivity contribution >= 4 is 0 Å². The second-order valence-corrected chi connectivity index (χ2v) is 5.95. The number of likely N-dealkylation sites (N-methyl/N-ethyl adjacent to an activating group) is 1. The highest BCUT2D eigenvalue weighted by Crippen LogP contribution is 2.31. The Kier molecular flexibility index (Phi) is 5.56. The second kappa shape index (κ2) is 8.04. The average molecular weight is 329 g/mol. The number of para-hydroxylation sites is 1. The van der Waals surface area contributed by atoms with Gasteiger partial charge in [-0.15, -0.1) is 0 Å². The van der Waals surface area contributed by atoms with Crippen LogP contribution in [0.3, 0.4) is 0 Å². The Labute approximate surface area is 142 Å². The van der Waals surface area contributed by atoms with E-state index in [0.717, 1.165) is 29.4 Å². The molecular weight excluding hydrogens is 306 g/mol. The molecule has 0 saturated carbocycles. The fourth-order valence-corrected chi connectivity index (χ4v) is 2.68. The van der Waals surface area contributed by atoms with Gasteiger partial charge in [0.05, 0.1) is 0 Å². The normalized spacial score (nSPS) is 14.5. The van der Waals surface area contributed by atoms with Crippen LogP contribution < -0.4 is 14.2 Å². The standard InChI is InChI=1S/C19H23NO4/c1-20(13-16(21)14-24-17-5-3-2-4-6-17)12-15-7-8-18-19(11-15)23-10-9-22-18/h2-8,11,16,21H,9-10,12-14H2,1H3. The summed E-state index contributed by atoms with van der Waals surface area (Å²) < 4.78 is 16.7. The molecule has 0 bridgehead atoms. The first-order valence-electron chi connectivity index (χ1n) is 8.14. The lowest BCUT2D eigenvalue weighted by atomic mass is 10.2. The van der Waals surface area contributed by atoms with E-state index in [9.17, 15) is 5.11 Å². The highest BCUT2D eigenvalue weighted by atomic mass is 16.6. The Morgan fingerprint density at radius 1 is 1.08 bits per heavy atom. The SMILES string of the molecule is CN(Cc1ccc2c(c1)OCCO2)CC(O)COc1ccccc1. The quantitative estimate of drug-likeness (QED) is 0.845. The highest BCUT2D eigenvalue weighted by molar-refractivity contribution is 5.43. The van der Waals surface area contributed by atoms with Gasteiger partial charge in [0.25, 0.3) is 0 Å². The smallest absolute Gasteiger partial charge is 0.161 e. The van der Waals surface area contributed by atoms with E-state index in [1.54, 1.807) is 0 Å². The first kappa shape index (κ1) is 16.6. The fourth-order valence-electron chi connectivity index (χ4n) is 2.68. The first-order valence-corrected chi connectivity index (χ1v) is 8.14. The zero-order valence-electron chi connectivity index (χ0n) is 13.9. The first-order chi connectivity index (χ1) is 11.7. The van der Waals surface area contributed by atoms with Gasteiger partial charge in [-0.3, -0.25) is 4.90 Å². The lowest BCUT2D eigenvalue weighted by Crippen LogP contribution is -2.32. The predicted octanol–water partition coefficient (Wildman–Crippen LogP) is 2.33. The van der Waals surface area contributed by atoms with Crippen molar-refractivity contribution in [2.45, 2.75) is 12.6 Å². The Balaban J connectivity index is 1.47. The maximum absolute atomic E-state index is 10.1. The second-order valence-electron chi connectivity index (χ2n) is 5.95. The predicted molar refractivity (Wildman–Crippen MR) is 91.7 cm³/mol. The van der Waals surface area contributed by atoms with Crippen molar-refractivity contribution in [3.05, 3.63) is 54.1 Å². The van der Waals surface area contributed by atoms with Crippen LogP contribution >= 0.6 is 0 Å². The molecule has 0 aromatic heterocycles. The van der Waals surface area contributed by atoms with E-state index in [1.165, 1.54) is 0 Å². The summed E-state index contributed by atoms with van der Waals surface area (Å²) in [6, 6.07) is 15.5. The van der Waals surface area contributed by atoms with Gasteiger partial charge in [0.1, 0.15) is 31.7 Å². The largest absolute Gasteiger partial charge is 0.491 e. The third-order valence-electron chi connectivity index (χ3n) is 3.77. The van der Waals surface area contributed by atoms with Crippen molar-refractivity contribution in [1.82, 2.24) is 4.90 Å². The molecule has 0 radical (unpaired) electrons. The van der Waals surface area contributed by atoms with Gasteiger partial charge < -0.3 is 19.3 Å². The van der Waals surface area contributed by atoms with E-state index in [-0.39, 0.29) is 6.61 Å². The lowest BCUT2D eigenvalue weighted by molar-refractivity contribution is 0.0743. The lowest BCUT2D eigenvalue weighted by Gasteiger charge is -2.22. The maximum atomic E-state index is 10.1. The number of fused-ring (bicyclic) bond motifs is 1. The van der Waals surface area contributed by atoms with Gasteiger partial charge in [0, 0.05) is 13.1 Å². The topological polar surface area (TPSA) is 51.2 Å². The summed E-state index contributed by atoms with van der Waals surface area (Å²) in [5.74, 6) is 2.36. The number of hydrogen-bond donors (Lipinski definition) is 1. The zero-order valence-corrected chi connectivity index (χ0v) is 13.9. The van der Waals surface area contributed by atoms with Crippen LogP contribution in [0.2, 0.25) is 0 Å². The highest BCUT2D eigenvalue weighted by Gasteiger charge is 2.14. The van der Waals surface area contributed by atoms with Crippen LogP contribution in [0.25, 0.3) is 0 Å². The monoisotopic (exact) mass is 329 g/mol. The molecule has 128 valence electrons. The van der Waals surface area contributed by atoms with Crippen molar-refractivity contribution in [2.24, 2.45) is 0 Å². The van der Waals surface area contributed by atoms with Crippen molar-refractivity contribution in [1.29, 1.82) is 0 Å². The molecule has 1 aliphatic heterocycles. The van der Waals surface area contributed by atoms with Crippen LogP contribution in [-0.2, 0) is 6.54 Å². The van der Waals surface area contributed by atoms with E-state index in [2.05, 4.69) is 4.90 Å². The molecule has 1 heterocycles. The van der Waals surface area contributed by atoms with E-state index >= 15 is 0 Å². The fraction of sp³-hybridized carbons (Fsp3) is 0.368. The summed E-state index contributed by atoms with van der Waals surface area (Å²) in [6.07, 6.45) is -0.549. The molecule has 2 aromatic carbocycles. The molecule has 1 N–H and O–H groups in total. The minimum atomic E-state index is -0.549. The van der Waals surface area contributed by atoms with E-state index in [1.807, 2.05) is 55.6 Å². The van der Waals surface area contributed by atoms with Gasteiger partial charge >= 0.3 is 0 Å². The van der Waals surface area contributed by atoms with E-state index in [4.69, 9.17) is 14.2 Å². The number of benzene rings is 2. The molecule has 1 aliphatic rings. The van der Waals surface area contributed by atoms with Gasteiger partial charge in [0.15, 0.2) is 11.5 Å². The van der Waals surface area contributed by atoms with Crippen LogP contribution in [0.1, 0.15) is 5.56 Å². The number of ether oxygens (including phenoxy) is 3. The Hall–Kier alpha value is -2.24. The molecule has 3 rings (SSSR count). The van der Waals surface area contributed by atoms with Gasteiger partial charge in [0.2, 0.25) is 0 Å².